The van der Waals surface area contributed by atoms with E-state index in [1.807, 2.05) is 35.2 Å². The molecule has 0 radical (unpaired) electrons. The lowest BCUT2D eigenvalue weighted by Crippen LogP contribution is -2.37. The minimum atomic E-state index is -0.191. The molecule has 34 heavy (non-hydrogen) atoms. The molecule has 0 bridgehead atoms. The largest absolute Gasteiger partial charge is 0.378 e. The number of anilines is 5. The fraction of sp³-hybridized carbons (Fsp3) is 0.261. The van der Waals surface area contributed by atoms with Crippen LogP contribution in [0.3, 0.4) is 0 Å². The van der Waals surface area contributed by atoms with Gasteiger partial charge in [-0.05, 0) is 36.4 Å². The Morgan fingerprint density at radius 2 is 1.59 bits per heavy atom. The van der Waals surface area contributed by atoms with Gasteiger partial charge in [-0.1, -0.05) is 30.0 Å². The molecule has 176 valence electrons. The Bertz CT molecular complexity index is 1120. The van der Waals surface area contributed by atoms with E-state index in [0.717, 1.165) is 5.69 Å². The lowest BCUT2D eigenvalue weighted by atomic mass is 10.3. The monoisotopic (exact) mass is 479 g/mol. The Hall–Kier alpha value is -3.70. The van der Waals surface area contributed by atoms with Gasteiger partial charge in [-0.25, -0.2) is 0 Å². The van der Waals surface area contributed by atoms with Crippen LogP contribution in [0.15, 0.2) is 59.8 Å². The highest BCUT2D eigenvalue weighted by Gasteiger charge is 2.17. The Morgan fingerprint density at radius 1 is 0.912 bits per heavy atom. The minimum Gasteiger partial charge on any atom is -0.378 e. The number of rotatable bonds is 8. The highest BCUT2D eigenvalue weighted by Crippen LogP contribution is 2.22. The van der Waals surface area contributed by atoms with Crippen molar-refractivity contribution in [1.82, 2.24) is 15.0 Å². The number of ether oxygens (including phenoxy) is 1. The number of morpholine rings is 1. The third-order valence-corrected chi connectivity index (χ3v) is 5.60. The number of benzene rings is 2. The Kier molecular flexibility index (Phi) is 7.89. The number of nitrogens with zero attached hydrogens (tertiary/aromatic N) is 4. The van der Waals surface area contributed by atoms with Gasteiger partial charge >= 0.3 is 0 Å². The van der Waals surface area contributed by atoms with Crippen molar-refractivity contribution >= 4 is 52.5 Å². The molecule has 4 rings (SSSR count). The normalized spacial score (nSPS) is 13.3. The summed E-state index contributed by atoms with van der Waals surface area (Å²) in [6.07, 6.45) is 0. The van der Waals surface area contributed by atoms with E-state index in [9.17, 15) is 9.59 Å². The van der Waals surface area contributed by atoms with Gasteiger partial charge in [0.2, 0.25) is 23.7 Å². The lowest BCUT2D eigenvalue weighted by Gasteiger charge is -2.27. The van der Waals surface area contributed by atoms with E-state index in [2.05, 4.69) is 30.9 Å². The molecule has 0 atom stereocenters. The fourth-order valence-corrected chi connectivity index (χ4v) is 3.82. The number of thioether (sulfide) groups is 1. The molecular weight excluding hydrogens is 454 g/mol. The molecule has 3 N–H and O–H groups in total. The van der Waals surface area contributed by atoms with Crippen molar-refractivity contribution in [2.75, 3.05) is 52.9 Å². The molecule has 1 saturated heterocycles. The first kappa shape index (κ1) is 23.5. The summed E-state index contributed by atoms with van der Waals surface area (Å²) in [7, 11) is 0. The average Bonchev–Trinajstić information content (AvgIpc) is 2.85. The number of carbonyl (C=O) groups excluding carboxylic acids is 2. The summed E-state index contributed by atoms with van der Waals surface area (Å²) in [4.78, 5) is 39.3. The van der Waals surface area contributed by atoms with Crippen LogP contribution in [0.2, 0.25) is 0 Å². The van der Waals surface area contributed by atoms with Crippen LogP contribution in [-0.4, -0.2) is 58.8 Å². The van der Waals surface area contributed by atoms with E-state index in [-0.39, 0.29) is 17.6 Å². The number of amides is 2. The van der Waals surface area contributed by atoms with E-state index in [4.69, 9.17) is 4.74 Å². The second kappa shape index (κ2) is 11.4. The van der Waals surface area contributed by atoms with Crippen LogP contribution in [0, 0.1) is 0 Å². The maximum Gasteiger partial charge on any atom is 0.234 e. The molecule has 0 unspecified atom stereocenters. The van der Waals surface area contributed by atoms with E-state index < -0.39 is 0 Å². The second-order valence-electron chi connectivity index (χ2n) is 7.43. The molecule has 0 aliphatic carbocycles. The molecule has 2 aromatic carbocycles. The van der Waals surface area contributed by atoms with Crippen LogP contribution >= 0.6 is 11.8 Å². The zero-order chi connectivity index (χ0) is 23.8. The molecule has 1 aromatic heterocycles. The van der Waals surface area contributed by atoms with E-state index in [1.165, 1.54) is 18.7 Å². The summed E-state index contributed by atoms with van der Waals surface area (Å²) in [5.74, 6) is 0.753. The smallest absolute Gasteiger partial charge is 0.234 e. The predicted molar refractivity (Wildman–Crippen MR) is 133 cm³/mol. The first-order chi connectivity index (χ1) is 16.5. The van der Waals surface area contributed by atoms with Crippen molar-refractivity contribution < 1.29 is 14.3 Å². The Morgan fingerprint density at radius 3 is 2.26 bits per heavy atom. The summed E-state index contributed by atoms with van der Waals surface area (Å²) in [5.41, 5.74) is 2.16. The lowest BCUT2D eigenvalue weighted by molar-refractivity contribution is -0.114. The topological polar surface area (TPSA) is 121 Å². The van der Waals surface area contributed by atoms with Gasteiger partial charge < -0.3 is 25.6 Å². The van der Waals surface area contributed by atoms with Crippen LogP contribution in [0.1, 0.15) is 6.92 Å². The van der Waals surface area contributed by atoms with Crippen LogP contribution < -0.4 is 20.9 Å². The van der Waals surface area contributed by atoms with Crippen molar-refractivity contribution in [2.45, 2.75) is 12.1 Å². The first-order valence-corrected chi connectivity index (χ1v) is 11.7. The number of hydrogen-bond donors (Lipinski definition) is 3. The third kappa shape index (κ3) is 6.90. The van der Waals surface area contributed by atoms with Crippen LogP contribution in [0.25, 0.3) is 0 Å². The summed E-state index contributed by atoms with van der Waals surface area (Å²) in [6.45, 7) is 4.04. The Balaban J connectivity index is 1.42. The van der Waals surface area contributed by atoms with Crippen molar-refractivity contribution in [3.8, 4) is 0 Å². The first-order valence-electron chi connectivity index (χ1n) is 10.8. The van der Waals surface area contributed by atoms with Crippen molar-refractivity contribution in [1.29, 1.82) is 0 Å². The zero-order valence-corrected chi connectivity index (χ0v) is 19.5. The SMILES string of the molecule is CC(=O)Nc1ccc(NC(=O)CSc2nc(Nc3ccccc3)nc(N3CCOCC3)n2)cc1. The van der Waals surface area contributed by atoms with Gasteiger partial charge in [-0.3, -0.25) is 9.59 Å². The average molecular weight is 480 g/mol. The van der Waals surface area contributed by atoms with Crippen LogP contribution in [-0.2, 0) is 14.3 Å². The van der Waals surface area contributed by atoms with Crippen molar-refractivity contribution in [3.63, 3.8) is 0 Å². The van der Waals surface area contributed by atoms with Gasteiger partial charge in [0.25, 0.3) is 0 Å². The number of aromatic nitrogens is 3. The number of nitrogens with one attached hydrogen (secondary N) is 3. The highest BCUT2D eigenvalue weighted by molar-refractivity contribution is 7.99. The summed E-state index contributed by atoms with van der Waals surface area (Å²) >= 11 is 1.23. The fourth-order valence-electron chi connectivity index (χ4n) is 3.19. The molecule has 1 aliphatic rings. The van der Waals surface area contributed by atoms with Crippen LogP contribution in [0.4, 0.5) is 29.0 Å². The quantitative estimate of drug-likeness (QED) is 0.418. The number of hydrogen-bond acceptors (Lipinski definition) is 9. The number of carbonyl (C=O) groups is 2. The van der Waals surface area contributed by atoms with Gasteiger partial charge in [0.05, 0.1) is 19.0 Å². The molecule has 2 heterocycles. The van der Waals surface area contributed by atoms with Crippen molar-refractivity contribution in [3.05, 3.63) is 54.6 Å². The molecule has 11 heteroatoms. The van der Waals surface area contributed by atoms with E-state index >= 15 is 0 Å². The molecule has 0 saturated carbocycles. The highest BCUT2D eigenvalue weighted by atomic mass is 32.2. The van der Waals surface area contributed by atoms with Gasteiger partial charge in [0, 0.05) is 37.1 Å². The molecule has 3 aromatic rings. The zero-order valence-electron chi connectivity index (χ0n) is 18.7. The van der Waals surface area contributed by atoms with E-state index in [1.54, 1.807) is 24.3 Å². The van der Waals surface area contributed by atoms with Crippen LogP contribution in [0.5, 0.6) is 0 Å². The van der Waals surface area contributed by atoms with Gasteiger partial charge in [0.15, 0.2) is 5.16 Å². The van der Waals surface area contributed by atoms with Gasteiger partial charge in [-0.15, -0.1) is 0 Å². The standard InChI is InChI=1S/C23H25N7O3S/c1-16(31)24-18-7-9-19(10-8-18)25-20(32)15-34-23-28-21(26-17-5-3-2-4-6-17)27-22(29-23)30-11-13-33-14-12-30/h2-10H,11-15H2,1H3,(H,24,31)(H,25,32)(H,26,27,28,29). The van der Waals surface area contributed by atoms with Gasteiger partial charge in [-0.2, -0.15) is 15.0 Å². The molecule has 1 fully saturated rings. The third-order valence-electron chi connectivity index (χ3n) is 4.75. The molecule has 10 nitrogen and oxygen atoms in total. The second-order valence-corrected chi connectivity index (χ2v) is 8.37. The maximum absolute atomic E-state index is 12.5. The molecule has 0 spiro atoms. The predicted octanol–water partition coefficient (Wildman–Crippen LogP) is 3.14. The summed E-state index contributed by atoms with van der Waals surface area (Å²) in [5, 5.41) is 9.19. The molecule has 1 aliphatic heterocycles. The molecular formula is C23H25N7O3S. The van der Waals surface area contributed by atoms with Gasteiger partial charge in [0.1, 0.15) is 0 Å². The Labute approximate surface area is 201 Å². The van der Waals surface area contributed by atoms with Crippen molar-refractivity contribution in [2.24, 2.45) is 0 Å². The number of para-hydroxylation sites is 1. The minimum absolute atomic E-state index is 0.130. The van der Waals surface area contributed by atoms with E-state index in [0.29, 0.717) is 54.7 Å². The molecule has 2 amide bonds. The summed E-state index contributed by atoms with van der Waals surface area (Å²) < 4.78 is 5.43. The maximum atomic E-state index is 12.5. The summed E-state index contributed by atoms with van der Waals surface area (Å²) in [6, 6.07) is 16.6.